The zero-order chi connectivity index (χ0) is 22.9. The van der Waals surface area contributed by atoms with Crippen molar-refractivity contribution in [3.8, 4) is 0 Å². The first-order valence-corrected chi connectivity index (χ1v) is 10.6. The Morgan fingerprint density at radius 2 is 1.70 bits per heavy atom. The lowest BCUT2D eigenvalue weighted by Gasteiger charge is -2.39. The number of nitro benzene ring substituents is 1. The summed E-state index contributed by atoms with van der Waals surface area (Å²) in [7, 11) is 0. The molecule has 1 aliphatic heterocycles. The maximum absolute atomic E-state index is 13.8. The van der Waals surface area contributed by atoms with E-state index < -0.39 is 4.92 Å². The van der Waals surface area contributed by atoms with Crippen LogP contribution in [0.5, 0.6) is 0 Å². The molecule has 164 valence electrons. The van der Waals surface area contributed by atoms with E-state index in [1.807, 2.05) is 61.5 Å². The number of amides is 1. The Hall–Kier alpha value is -4.33. The van der Waals surface area contributed by atoms with Gasteiger partial charge in [0.05, 0.1) is 17.0 Å². The largest absolute Gasteiger partial charge is 0.270 e. The van der Waals surface area contributed by atoms with Gasteiger partial charge in [-0.15, -0.1) is 0 Å². The summed E-state index contributed by atoms with van der Waals surface area (Å²) in [6.45, 7) is 2.01. The van der Waals surface area contributed by atoms with Crippen LogP contribution in [0.25, 0.3) is 0 Å². The molecule has 0 unspecified atom stereocenters. The SMILES string of the molecule is Cc1ccc([C@H]2C[C@@H](c3ccccc3)n3ncnc3N2C(=O)c2cccc([N+](=O)[O-])c2)cc1. The molecule has 1 amide bonds. The Morgan fingerprint density at radius 1 is 0.970 bits per heavy atom. The predicted octanol–water partition coefficient (Wildman–Crippen LogP) is 4.88. The maximum atomic E-state index is 13.8. The number of carbonyl (C=O) groups excluding carboxylic acids is 1. The molecule has 0 N–H and O–H groups in total. The maximum Gasteiger partial charge on any atom is 0.270 e. The summed E-state index contributed by atoms with van der Waals surface area (Å²) in [5, 5.41) is 15.7. The van der Waals surface area contributed by atoms with E-state index in [2.05, 4.69) is 10.1 Å². The van der Waals surface area contributed by atoms with Crippen LogP contribution in [-0.4, -0.2) is 25.6 Å². The molecule has 5 rings (SSSR count). The first kappa shape index (κ1) is 20.6. The van der Waals surface area contributed by atoms with E-state index in [1.165, 1.54) is 24.5 Å². The first-order chi connectivity index (χ1) is 16.0. The highest BCUT2D eigenvalue weighted by Gasteiger charge is 2.39. The number of hydrogen-bond donors (Lipinski definition) is 0. The molecule has 0 saturated carbocycles. The second kappa shape index (κ2) is 8.31. The van der Waals surface area contributed by atoms with Crippen LogP contribution < -0.4 is 4.90 Å². The van der Waals surface area contributed by atoms with Crippen molar-refractivity contribution in [3.05, 3.63) is 118 Å². The summed E-state index contributed by atoms with van der Waals surface area (Å²) in [5.74, 6) is 0.0576. The fraction of sp³-hybridized carbons (Fsp3) is 0.160. The standard InChI is InChI=1S/C25H21N5O3/c1-17-10-12-19(13-11-17)22-15-23(18-6-3-2-4-7-18)29-25(26-16-27-29)28(22)24(31)20-8-5-9-21(14-20)30(32)33/h2-14,16,22-23H,15H2,1H3/t22-,23+/m1/s1. The molecule has 33 heavy (non-hydrogen) atoms. The number of carbonyl (C=O) groups is 1. The Balaban J connectivity index is 1.64. The summed E-state index contributed by atoms with van der Waals surface area (Å²) in [6.07, 6.45) is 2.03. The van der Waals surface area contributed by atoms with E-state index in [-0.39, 0.29) is 29.2 Å². The molecule has 0 aliphatic carbocycles. The molecule has 0 saturated heterocycles. The molecule has 0 spiro atoms. The molecule has 3 aromatic carbocycles. The molecule has 2 heterocycles. The number of anilines is 1. The smallest absolute Gasteiger partial charge is 0.269 e. The van der Waals surface area contributed by atoms with Crippen molar-refractivity contribution in [2.75, 3.05) is 4.90 Å². The van der Waals surface area contributed by atoms with E-state index in [1.54, 1.807) is 15.6 Å². The van der Waals surface area contributed by atoms with Crippen molar-refractivity contribution in [1.82, 2.24) is 14.8 Å². The number of aromatic nitrogens is 3. The fourth-order valence-electron chi connectivity index (χ4n) is 4.34. The summed E-state index contributed by atoms with van der Waals surface area (Å²) in [4.78, 5) is 30.6. The van der Waals surface area contributed by atoms with Crippen LogP contribution >= 0.6 is 0 Å². The number of benzene rings is 3. The van der Waals surface area contributed by atoms with Crippen molar-refractivity contribution in [2.45, 2.75) is 25.4 Å². The average molecular weight is 439 g/mol. The highest BCUT2D eigenvalue weighted by atomic mass is 16.6. The number of nitrogens with zero attached hydrogens (tertiary/aromatic N) is 5. The van der Waals surface area contributed by atoms with Gasteiger partial charge in [-0.1, -0.05) is 66.2 Å². The number of aryl methyl sites for hydroxylation is 1. The summed E-state index contributed by atoms with van der Waals surface area (Å²) in [6, 6.07) is 23.4. The fourth-order valence-corrected chi connectivity index (χ4v) is 4.34. The summed E-state index contributed by atoms with van der Waals surface area (Å²) in [5.41, 5.74) is 3.26. The predicted molar refractivity (Wildman–Crippen MR) is 123 cm³/mol. The number of non-ortho nitro benzene ring substituents is 1. The van der Waals surface area contributed by atoms with Gasteiger partial charge in [0.1, 0.15) is 6.33 Å². The van der Waals surface area contributed by atoms with Gasteiger partial charge in [0.15, 0.2) is 0 Å². The number of rotatable bonds is 4. The molecule has 2 atom stereocenters. The molecule has 0 radical (unpaired) electrons. The number of nitro groups is 1. The lowest BCUT2D eigenvalue weighted by Crippen LogP contribution is -2.42. The van der Waals surface area contributed by atoms with E-state index in [0.717, 1.165) is 16.7 Å². The van der Waals surface area contributed by atoms with Gasteiger partial charge in [0, 0.05) is 17.7 Å². The molecular formula is C25H21N5O3. The van der Waals surface area contributed by atoms with Gasteiger partial charge in [-0.05, 0) is 30.5 Å². The van der Waals surface area contributed by atoms with E-state index in [0.29, 0.717) is 12.4 Å². The van der Waals surface area contributed by atoms with Crippen LogP contribution in [0.3, 0.4) is 0 Å². The third-order valence-corrected chi connectivity index (χ3v) is 5.99. The number of hydrogen-bond acceptors (Lipinski definition) is 5. The van der Waals surface area contributed by atoms with Crippen LogP contribution in [0.1, 0.15) is 45.6 Å². The minimum Gasteiger partial charge on any atom is -0.269 e. The molecule has 8 heteroatoms. The first-order valence-electron chi connectivity index (χ1n) is 10.6. The zero-order valence-corrected chi connectivity index (χ0v) is 17.9. The molecular weight excluding hydrogens is 418 g/mol. The van der Waals surface area contributed by atoms with Gasteiger partial charge >= 0.3 is 0 Å². The third-order valence-electron chi connectivity index (χ3n) is 5.99. The molecule has 0 fully saturated rings. The lowest BCUT2D eigenvalue weighted by atomic mass is 9.91. The lowest BCUT2D eigenvalue weighted by molar-refractivity contribution is -0.384. The van der Waals surface area contributed by atoms with Gasteiger partial charge in [0.2, 0.25) is 5.95 Å². The second-order valence-corrected chi connectivity index (χ2v) is 8.08. The van der Waals surface area contributed by atoms with Crippen molar-refractivity contribution >= 4 is 17.5 Å². The van der Waals surface area contributed by atoms with Crippen molar-refractivity contribution in [1.29, 1.82) is 0 Å². The molecule has 1 aromatic heterocycles. The van der Waals surface area contributed by atoms with Crippen molar-refractivity contribution < 1.29 is 9.72 Å². The molecule has 0 bridgehead atoms. The van der Waals surface area contributed by atoms with Crippen LogP contribution in [0, 0.1) is 17.0 Å². The van der Waals surface area contributed by atoms with E-state index in [9.17, 15) is 14.9 Å². The molecule has 4 aromatic rings. The Kier molecular flexibility index (Phi) is 5.18. The minimum absolute atomic E-state index is 0.107. The third kappa shape index (κ3) is 3.76. The van der Waals surface area contributed by atoms with E-state index in [4.69, 9.17) is 0 Å². The van der Waals surface area contributed by atoms with Gasteiger partial charge in [0.25, 0.3) is 11.6 Å². The summed E-state index contributed by atoms with van der Waals surface area (Å²) >= 11 is 0. The van der Waals surface area contributed by atoms with Crippen LogP contribution in [-0.2, 0) is 0 Å². The second-order valence-electron chi connectivity index (χ2n) is 8.08. The Bertz CT molecular complexity index is 1320. The van der Waals surface area contributed by atoms with Gasteiger partial charge in [-0.2, -0.15) is 10.1 Å². The molecule has 1 aliphatic rings. The topological polar surface area (TPSA) is 94.2 Å². The highest BCUT2D eigenvalue weighted by Crippen LogP contribution is 2.42. The van der Waals surface area contributed by atoms with Crippen molar-refractivity contribution in [3.63, 3.8) is 0 Å². The van der Waals surface area contributed by atoms with Crippen molar-refractivity contribution in [2.24, 2.45) is 0 Å². The number of fused-ring (bicyclic) bond motifs is 1. The van der Waals surface area contributed by atoms with Gasteiger partial charge in [-0.3, -0.25) is 19.8 Å². The average Bonchev–Trinajstić information content (AvgIpc) is 3.33. The van der Waals surface area contributed by atoms with Gasteiger partial charge in [-0.25, -0.2) is 4.68 Å². The Labute approximate surface area is 190 Å². The minimum atomic E-state index is -0.502. The van der Waals surface area contributed by atoms with E-state index >= 15 is 0 Å². The highest BCUT2D eigenvalue weighted by molar-refractivity contribution is 6.06. The summed E-state index contributed by atoms with van der Waals surface area (Å²) < 4.78 is 1.76. The Morgan fingerprint density at radius 3 is 2.42 bits per heavy atom. The van der Waals surface area contributed by atoms with Crippen LogP contribution in [0.15, 0.2) is 85.2 Å². The monoisotopic (exact) mass is 439 g/mol. The molecule has 8 nitrogen and oxygen atoms in total. The quantitative estimate of drug-likeness (QED) is 0.334. The normalized spacial score (nSPS) is 17.4. The zero-order valence-electron chi connectivity index (χ0n) is 17.9. The van der Waals surface area contributed by atoms with Crippen LogP contribution in [0.4, 0.5) is 11.6 Å². The van der Waals surface area contributed by atoms with Crippen LogP contribution in [0.2, 0.25) is 0 Å². The van der Waals surface area contributed by atoms with Gasteiger partial charge < -0.3 is 0 Å².